The second kappa shape index (κ2) is 10.7. The third kappa shape index (κ3) is 5.11. The first-order valence-electron chi connectivity index (χ1n) is 11.3. The Balaban J connectivity index is 1.59. The predicted molar refractivity (Wildman–Crippen MR) is 129 cm³/mol. The van der Waals surface area contributed by atoms with Crippen molar-refractivity contribution in [3.63, 3.8) is 0 Å². The van der Waals surface area contributed by atoms with Gasteiger partial charge in [0.25, 0.3) is 11.8 Å². The van der Waals surface area contributed by atoms with Gasteiger partial charge in [-0.25, -0.2) is 8.78 Å². The topological polar surface area (TPSA) is 99.1 Å². The van der Waals surface area contributed by atoms with E-state index in [0.717, 1.165) is 11.6 Å². The van der Waals surface area contributed by atoms with Crippen molar-refractivity contribution in [1.82, 2.24) is 14.8 Å². The number of methoxy groups -OCH3 is 3. The molecular formula is C26H25F2N3O6. The van der Waals surface area contributed by atoms with Crippen LogP contribution in [0.1, 0.15) is 32.0 Å². The third-order valence-corrected chi connectivity index (χ3v) is 6.10. The van der Waals surface area contributed by atoms with E-state index in [2.05, 4.69) is 5.32 Å². The summed E-state index contributed by atoms with van der Waals surface area (Å²) >= 11 is 0. The summed E-state index contributed by atoms with van der Waals surface area (Å²) in [5.74, 6) is -1.90. The third-order valence-electron chi connectivity index (χ3n) is 6.10. The zero-order chi connectivity index (χ0) is 26.7. The molecule has 1 aromatic heterocycles. The fourth-order valence-corrected chi connectivity index (χ4v) is 4.14. The van der Waals surface area contributed by atoms with Crippen molar-refractivity contribution >= 4 is 11.8 Å². The summed E-state index contributed by atoms with van der Waals surface area (Å²) in [6.07, 6.45) is 1.29. The van der Waals surface area contributed by atoms with Crippen molar-refractivity contribution in [3.05, 3.63) is 86.8 Å². The lowest BCUT2D eigenvalue weighted by molar-refractivity contribution is 0.0680. The number of pyridine rings is 1. The number of benzene rings is 2. The minimum atomic E-state index is -0.820. The van der Waals surface area contributed by atoms with Crippen LogP contribution in [-0.2, 0) is 19.6 Å². The predicted octanol–water partition coefficient (Wildman–Crippen LogP) is 2.74. The van der Waals surface area contributed by atoms with Crippen LogP contribution in [0.15, 0.2) is 47.4 Å². The van der Waals surface area contributed by atoms with E-state index in [9.17, 15) is 23.2 Å². The van der Waals surface area contributed by atoms with Gasteiger partial charge in [0.2, 0.25) is 5.43 Å². The minimum Gasteiger partial charge on any atom is -0.497 e. The van der Waals surface area contributed by atoms with Gasteiger partial charge in [0.1, 0.15) is 28.7 Å². The fourth-order valence-electron chi connectivity index (χ4n) is 4.14. The van der Waals surface area contributed by atoms with Crippen LogP contribution in [0.25, 0.3) is 0 Å². The molecule has 1 N–H and O–H groups in total. The summed E-state index contributed by atoms with van der Waals surface area (Å²) in [4.78, 5) is 40.8. The standard InChI is InChI=1S/C26H25F2N3O6/c1-35-18-7-5-16(21(11-18)36-2)13-31-9-8-30-14-19(23(32)24(37-3)22(30)26(31)34)25(33)29-12-15-4-6-17(27)10-20(15)28/h4-7,10-11,14H,8-9,12-13H2,1-3H3,(H,29,33). The monoisotopic (exact) mass is 513 g/mol. The van der Waals surface area contributed by atoms with E-state index in [1.165, 1.54) is 31.0 Å². The molecule has 0 spiro atoms. The molecule has 1 aliphatic rings. The quantitative estimate of drug-likeness (QED) is 0.498. The highest BCUT2D eigenvalue weighted by Gasteiger charge is 2.32. The molecule has 0 bridgehead atoms. The molecule has 194 valence electrons. The number of nitrogens with zero attached hydrogens (tertiary/aromatic N) is 2. The first-order chi connectivity index (χ1) is 17.8. The second-order valence-electron chi connectivity index (χ2n) is 8.27. The minimum absolute atomic E-state index is 0.0207. The van der Waals surface area contributed by atoms with E-state index in [1.54, 1.807) is 30.2 Å². The van der Waals surface area contributed by atoms with Gasteiger partial charge in [0.15, 0.2) is 11.4 Å². The van der Waals surface area contributed by atoms with Crippen LogP contribution < -0.4 is 25.0 Å². The smallest absolute Gasteiger partial charge is 0.274 e. The van der Waals surface area contributed by atoms with Gasteiger partial charge < -0.3 is 29.0 Å². The van der Waals surface area contributed by atoms with Crippen LogP contribution in [0.3, 0.4) is 0 Å². The van der Waals surface area contributed by atoms with Gasteiger partial charge in [-0.05, 0) is 18.2 Å². The first-order valence-corrected chi connectivity index (χ1v) is 11.3. The van der Waals surface area contributed by atoms with E-state index in [1.807, 2.05) is 0 Å². The number of amides is 2. The van der Waals surface area contributed by atoms with Gasteiger partial charge in [-0.2, -0.15) is 0 Å². The first kappa shape index (κ1) is 25.7. The Morgan fingerprint density at radius 3 is 2.41 bits per heavy atom. The average molecular weight is 513 g/mol. The summed E-state index contributed by atoms with van der Waals surface area (Å²) in [6.45, 7) is 0.553. The van der Waals surface area contributed by atoms with Crippen molar-refractivity contribution in [2.45, 2.75) is 19.6 Å². The van der Waals surface area contributed by atoms with Crippen molar-refractivity contribution in [3.8, 4) is 17.2 Å². The van der Waals surface area contributed by atoms with Crippen LogP contribution >= 0.6 is 0 Å². The number of hydrogen-bond donors (Lipinski definition) is 1. The highest BCUT2D eigenvalue weighted by molar-refractivity contribution is 5.99. The molecule has 4 rings (SSSR count). The summed E-state index contributed by atoms with van der Waals surface area (Å²) in [6, 6.07) is 8.24. The molecule has 0 atom stereocenters. The van der Waals surface area contributed by atoms with Crippen molar-refractivity contribution in [1.29, 1.82) is 0 Å². The summed E-state index contributed by atoms with van der Waals surface area (Å²) in [5.41, 5.74) is -0.216. The van der Waals surface area contributed by atoms with Gasteiger partial charge >= 0.3 is 0 Å². The summed E-state index contributed by atoms with van der Waals surface area (Å²) in [7, 11) is 4.30. The number of carbonyl (C=O) groups excluding carboxylic acids is 2. The lowest BCUT2D eigenvalue weighted by Gasteiger charge is -2.31. The second-order valence-corrected chi connectivity index (χ2v) is 8.27. The Bertz CT molecular complexity index is 1420. The number of rotatable bonds is 8. The van der Waals surface area contributed by atoms with Crippen LogP contribution in [0, 0.1) is 11.6 Å². The number of nitrogens with one attached hydrogen (secondary N) is 1. The summed E-state index contributed by atoms with van der Waals surface area (Å²) in [5, 5.41) is 2.46. The van der Waals surface area contributed by atoms with Crippen molar-refractivity contribution < 1.29 is 32.6 Å². The van der Waals surface area contributed by atoms with Crippen LogP contribution in [0.5, 0.6) is 17.2 Å². The average Bonchev–Trinajstić information content (AvgIpc) is 2.89. The number of halogens is 2. The van der Waals surface area contributed by atoms with Gasteiger partial charge in [-0.15, -0.1) is 0 Å². The van der Waals surface area contributed by atoms with E-state index < -0.39 is 28.9 Å². The number of hydrogen-bond acceptors (Lipinski definition) is 6. The van der Waals surface area contributed by atoms with Gasteiger partial charge in [-0.1, -0.05) is 6.07 Å². The Morgan fingerprint density at radius 1 is 0.973 bits per heavy atom. The molecule has 2 aromatic carbocycles. The molecule has 11 heteroatoms. The molecule has 3 aromatic rings. The van der Waals surface area contributed by atoms with Crippen LogP contribution in [-0.4, -0.2) is 49.2 Å². The largest absolute Gasteiger partial charge is 0.497 e. The lowest BCUT2D eigenvalue weighted by atomic mass is 10.1. The van der Waals surface area contributed by atoms with Gasteiger partial charge in [0.05, 0.1) is 21.3 Å². The highest BCUT2D eigenvalue weighted by Crippen LogP contribution is 2.28. The molecule has 0 saturated carbocycles. The van der Waals surface area contributed by atoms with E-state index >= 15 is 0 Å². The molecule has 2 heterocycles. The van der Waals surface area contributed by atoms with Crippen molar-refractivity contribution in [2.75, 3.05) is 27.9 Å². The fraction of sp³-hybridized carbons (Fsp3) is 0.269. The number of carbonyl (C=O) groups is 2. The van der Waals surface area contributed by atoms with Gasteiger partial charge in [-0.3, -0.25) is 14.4 Å². The summed E-state index contributed by atoms with van der Waals surface area (Å²) < 4.78 is 44.5. The molecular weight excluding hydrogens is 488 g/mol. The maximum absolute atomic E-state index is 13.9. The molecule has 0 saturated heterocycles. The zero-order valence-corrected chi connectivity index (χ0v) is 20.5. The maximum Gasteiger partial charge on any atom is 0.274 e. The highest BCUT2D eigenvalue weighted by atomic mass is 19.1. The normalized spacial score (nSPS) is 12.7. The Hall–Kier alpha value is -4.41. The Kier molecular flexibility index (Phi) is 7.42. The van der Waals surface area contributed by atoms with Crippen molar-refractivity contribution in [2.24, 2.45) is 0 Å². The molecule has 0 radical (unpaired) electrons. The molecule has 2 amide bonds. The number of fused-ring (bicyclic) bond motifs is 1. The van der Waals surface area contributed by atoms with E-state index in [4.69, 9.17) is 14.2 Å². The molecule has 0 unspecified atom stereocenters. The zero-order valence-electron chi connectivity index (χ0n) is 20.5. The molecule has 0 fully saturated rings. The SMILES string of the molecule is COc1ccc(CN2CCn3cc(C(=O)NCc4ccc(F)cc4F)c(=O)c(OC)c3C2=O)c(OC)c1. The molecule has 37 heavy (non-hydrogen) atoms. The number of ether oxygens (including phenoxy) is 3. The molecule has 1 aliphatic heterocycles. The number of aromatic nitrogens is 1. The van der Waals surface area contributed by atoms with Crippen LogP contribution in [0.2, 0.25) is 0 Å². The maximum atomic E-state index is 13.9. The molecule has 9 nitrogen and oxygen atoms in total. The Labute approximate surface area is 211 Å². The van der Waals surface area contributed by atoms with Crippen LogP contribution in [0.4, 0.5) is 8.78 Å². The lowest BCUT2D eigenvalue weighted by Crippen LogP contribution is -2.42. The van der Waals surface area contributed by atoms with Gasteiger partial charge in [0, 0.05) is 55.6 Å². The van der Waals surface area contributed by atoms with E-state index in [-0.39, 0.29) is 35.7 Å². The Morgan fingerprint density at radius 2 is 1.73 bits per heavy atom. The molecule has 0 aliphatic carbocycles. The van der Waals surface area contributed by atoms with E-state index in [0.29, 0.717) is 30.7 Å².